The first kappa shape index (κ1) is 15.0. The number of nitrogens with one attached hydrogen (secondary N) is 1. The highest BCUT2D eigenvalue weighted by atomic mass is 16.5. The molecule has 0 radical (unpaired) electrons. The van der Waals surface area contributed by atoms with Crippen LogP contribution in [0.15, 0.2) is 18.2 Å². The van der Waals surface area contributed by atoms with Crippen molar-refractivity contribution in [2.75, 3.05) is 19.5 Å². The number of amides is 1. The van der Waals surface area contributed by atoms with Gasteiger partial charge in [-0.05, 0) is 31.0 Å². The van der Waals surface area contributed by atoms with E-state index < -0.39 is 11.9 Å². The molecule has 1 aromatic carbocycles. The number of hydrogen-bond acceptors (Lipinski definition) is 5. The quantitative estimate of drug-likeness (QED) is 0.858. The molecule has 2 rings (SSSR count). The fourth-order valence-electron chi connectivity index (χ4n) is 2.09. The summed E-state index contributed by atoms with van der Waals surface area (Å²) in [5.74, 6) is -1.26. The van der Waals surface area contributed by atoms with Gasteiger partial charge in [0.05, 0.1) is 25.3 Å². The fourth-order valence-corrected chi connectivity index (χ4v) is 2.09. The van der Waals surface area contributed by atoms with Crippen molar-refractivity contribution in [1.82, 2.24) is 0 Å². The van der Waals surface area contributed by atoms with E-state index in [9.17, 15) is 14.4 Å². The predicted molar refractivity (Wildman–Crippen MR) is 75.1 cm³/mol. The molecule has 1 aliphatic rings. The molecule has 6 nitrogen and oxygen atoms in total. The number of ether oxygens (including phenoxy) is 2. The Morgan fingerprint density at radius 2 is 1.52 bits per heavy atom. The van der Waals surface area contributed by atoms with Crippen LogP contribution < -0.4 is 5.32 Å². The average molecular weight is 291 g/mol. The summed E-state index contributed by atoms with van der Waals surface area (Å²) in [4.78, 5) is 35.2. The Kier molecular flexibility index (Phi) is 4.57. The molecular formula is C15H17NO5. The highest BCUT2D eigenvalue weighted by Gasteiger charge is 2.25. The van der Waals surface area contributed by atoms with E-state index in [2.05, 4.69) is 14.8 Å². The molecule has 1 aromatic rings. The summed E-state index contributed by atoms with van der Waals surface area (Å²) in [5, 5.41) is 2.73. The van der Waals surface area contributed by atoms with Gasteiger partial charge in [0.25, 0.3) is 0 Å². The molecule has 1 aliphatic carbocycles. The van der Waals surface area contributed by atoms with Gasteiger partial charge in [-0.15, -0.1) is 0 Å². The van der Waals surface area contributed by atoms with E-state index in [0.717, 1.165) is 19.3 Å². The molecular weight excluding hydrogens is 274 g/mol. The van der Waals surface area contributed by atoms with Gasteiger partial charge in [0, 0.05) is 11.6 Å². The van der Waals surface area contributed by atoms with Crippen molar-refractivity contribution in [1.29, 1.82) is 0 Å². The number of carbonyl (C=O) groups is 3. The molecule has 0 atom stereocenters. The van der Waals surface area contributed by atoms with E-state index in [1.54, 1.807) is 0 Å². The molecule has 0 spiro atoms. The minimum absolute atomic E-state index is 0.00774. The Morgan fingerprint density at radius 3 is 1.90 bits per heavy atom. The van der Waals surface area contributed by atoms with Crippen LogP contribution in [0.5, 0.6) is 0 Å². The van der Waals surface area contributed by atoms with Crippen LogP contribution in [-0.2, 0) is 14.3 Å². The normalized spacial score (nSPS) is 14.0. The number of benzene rings is 1. The third-order valence-electron chi connectivity index (χ3n) is 3.52. The highest BCUT2D eigenvalue weighted by molar-refractivity contribution is 6.00. The zero-order chi connectivity index (χ0) is 15.4. The Labute approximate surface area is 122 Å². The zero-order valence-electron chi connectivity index (χ0n) is 12.0. The monoisotopic (exact) mass is 291 g/mol. The van der Waals surface area contributed by atoms with Crippen LogP contribution in [0.1, 0.15) is 40.0 Å². The molecule has 1 saturated carbocycles. The SMILES string of the molecule is COC(=O)c1cc(NC(=O)C2CCC2)cc(C(=O)OC)c1. The van der Waals surface area contributed by atoms with Crippen LogP contribution in [0.3, 0.4) is 0 Å². The first-order valence-electron chi connectivity index (χ1n) is 6.67. The molecule has 0 heterocycles. The van der Waals surface area contributed by atoms with Gasteiger partial charge in [-0.3, -0.25) is 4.79 Å². The third-order valence-corrected chi connectivity index (χ3v) is 3.52. The Morgan fingerprint density at radius 1 is 1.00 bits per heavy atom. The van der Waals surface area contributed by atoms with Crippen molar-refractivity contribution in [2.24, 2.45) is 5.92 Å². The summed E-state index contributed by atoms with van der Waals surface area (Å²) in [6.45, 7) is 0. The Bertz CT molecular complexity index is 543. The minimum Gasteiger partial charge on any atom is -0.465 e. The van der Waals surface area contributed by atoms with Crippen molar-refractivity contribution in [3.63, 3.8) is 0 Å². The lowest BCUT2D eigenvalue weighted by molar-refractivity contribution is -0.122. The van der Waals surface area contributed by atoms with Gasteiger partial charge in [0.1, 0.15) is 0 Å². The number of rotatable bonds is 4. The molecule has 1 amide bonds. The molecule has 0 aliphatic heterocycles. The lowest BCUT2D eigenvalue weighted by Crippen LogP contribution is -2.28. The summed E-state index contributed by atoms with van der Waals surface area (Å²) >= 11 is 0. The smallest absolute Gasteiger partial charge is 0.337 e. The topological polar surface area (TPSA) is 81.7 Å². The number of methoxy groups -OCH3 is 2. The summed E-state index contributed by atoms with van der Waals surface area (Å²) in [7, 11) is 2.50. The second-order valence-electron chi connectivity index (χ2n) is 4.90. The van der Waals surface area contributed by atoms with Crippen LogP contribution in [0, 0.1) is 5.92 Å². The average Bonchev–Trinajstić information content (AvgIpc) is 2.43. The van der Waals surface area contributed by atoms with Crippen molar-refractivity contribution in [3.8, 4) is 0 Å². The van der Waals surface area contributed by atoms with Crippen LogP contribution >= 0.6 is 0 Å². The number of anilines is 1. The molecule has 1 fully saturated rings. The predicted octanol–water partition coefficient (Wildman–Crippen LogP) is 2.00. The van der Waals surface area contributed by atoms with E-state index in [1.165, 1.54) is 32.4 Å². The third kappa shape index (κ3) is 3.39. The molecule has 6 heteroatoms. The minimum atomic E-state index is -0.583. The highest BCUT2D eigenvalue weighted by Crippen LogP contribution is 2.28. The summed E-state index contributed by atoms with van der Waals surface area (Å²) < 4.78 is 9.28. The van der Waals surface area contributed by atoms with Crippen LogP contribution in [-0.4, -0.2) is 32.1 Å². The van der Waals surface area contributed by atoms with E-state index >= 15 is 0 Å². The zero-order valence-corrected chi connectivity index (χ0v) is 12.0. The molecule has 0 saturated heterocycles. The number of esters is 2. The van der Waals surface area contributed by atoms with Crippen LogP contribution in [0.25, 0.3) is 0 Å². The van der Waals surface area contributed by atoms with E-state index in [1.807, 2.05) is 0 Å². The van der Waals surface area contributed by atoms with Crippen molar-refractivity contribution in [3.05, 3.63) is 29.3 Å². The van der Waals surface area contributed by atoms with Gasteiger partial charge < -0.3 is 14.8 Å². The van der Waals surface area contributed by atoms with Gasteiger partial charge in [-0.2, -0.15) is 0 Å². The standard InChI is InChI=1S/C15H17NO5/c1-20-14(18)10-6-11(15(19)21-2)8-12(7-10)16-13(17)9-4-3-5-9/h6-9H,3-5H2,1-2H3,(H,16,17). The van der Waals surface area contributed by atoms with E-state index in [0.29, 0.717) is 5.69 Å². The molecule has 0 aromatic heterocycles. The van der Waals surface area contributed by atoms with Crippen molar-refractivity contribution in [2.45, 2.75) is 19.3 Å². The lowest BCUT2D eigenvalue weighted by Gasteiger charge is -2.24. The summed E-state index contributed by atoms with van der Waals surface area (Å²) in [5.41, 5.74) is 0.754. The van der Waals surface area contributed by atoms with Crippen LogP contribution in [0.2, 0.25) is 0 Å². The summed E-state index contributed by atoms with van der Waals surface area (Å²) in [6.07, 6.45) is 2.78. The maximum atomic E-state index is 12.0. The molecule has 112 valence electrons. The molecule has 0 unspecified atom stereocenters. The first-order chi connectivity index (χ1) is 10.0. The van der Waals surface area contributed by atoms with Gasteiger partial charge in [0.2, 0.25) is 5.91 Å². The fraction of sp³-hybridized carbons (Fsp3) is 0.400. The number of carbonyl (C=O) groups excluding carboxylic acids is 3. The van der Waals surface area contributed by atoms with Crippen molar-refractivity contribution < 1.29 is 23.9 Å². The van der Waals surface area contributed by atoms with E-state index in [-0.39, 0.29) is 23.0 Å². The van der Waals surface area contributed by atoms with E-state index in [4.69, 9.17) is 0 Å². The van der Waals surface area contributed by atoms with Gasteiger partial charge in [-0.25, -0.2) is 9.59 Å². The second kappa shape index (κ2) is 6.39. The molecule has 0 bridgehead atoms. The first-order valence-corrected chi connectivity index (χ1v) is 6.67. The Balaban J connectivity index is 2.27. The molecule has 1 N–H and O–H groups in total. The van der Waals surface area contributed by atoms with Crippen LogP contribution in [0.4, 0.5) is 5.69 Å². The molecule has 21 heavy (non-hydrogen) atoms. The van der Waals surface area contributed by atoms with Gasteiger partial charge >= 0.3 is 11.9 Å². The second-order valence-corrected chi connectivity index (χ2v) is 4.90. The largest absolute Gasteiger partial charge is 0.465 e. The summed E-state index contributed by atoms with van der Waals surface area (Å²) in [6, 6.07) is 4.33. The van der Waals surface area contributed by atoms with Gasteiger partial charge in [0.15, 0.2) is 0 Å². The maximum Gasteiger partial charge on any atom is 0.337 e. The lowest BCUT2D eigenvalue weighted by atomic mass is 9.85. The Hall–Kier alpha value is -2.37. The van der Waals surface area contributed by atoms with Crippen molar-refractivity contribution >= 4 is 23.5 Å². The van der Waals surface area contributed by atoms with Gasteiger partial charge in [-0.1, -0.05) is 6.42 Å². The number of hydrogen-bond donors (Lipinski definition) is 1. The maximum absolute atomic E-state index is 12.0.